The van der Waals surface area contributed by atoms with Gasteiger partial charge in [-0.25, -0.2) is 0 Å². The van der Waals surface area contributed by atoms with Gasteiger partial charge in [0.05, 0.1) is 6.04 Å². The molecule has 0 bridgehead atoms. The van der Waals surface area contributed by atoms with Crippen LogP contribution in [-0.2, 0) is 14.3 Å². The van der Waals surface area contributed by atoms with E-state index in [1.54, 1.807) is 18.1 Å². The van der Waals surface area contributed by atoms with Gasteiger partial charge in [-0.1, -0.05) is 12.2 Å². The van der Waals surface area contributed by atoms with Crippen LogP contribution in [0.25, 0.3) is 0 Å². The molecule has 5 heteroatoms. The molecule has 0 spiro atoms. The lowest BCUT2D eigenvalue weighted by molar-refractivity contribution is -0.177. The molecule has 0 unspecified atom stereocenters. The number of nitrogens with zero attached hydrogens (tertiary/aromatic N) is 2. The van der Waals surface area contributed by atoms with Gasteiger partial charge in [-0.15, -0.1) is 13.2 Å². The molecule has 0 saturated carbocycles. The number of ketones is 1. The zero-order valence-electron chi connectivity index (χ0n) is 12.0. The van der Waals surface area contributed by atoms with Gasteiger partial charge < -0.3 is 9.64 Å². The third-order valence-electron chi connectivity index (χ3n) is 4.12. The molecule has 1 amide bonds. The SMILES string of the molecule is C=CCN1CCC(=O)C[C@@H]1[C@H]1[C@@H](OC)C(=O)N1CC=C. The molecule has 2 rings (SSSR count). The quantitative estimate of drug-likeness (QED) is 0.528. The van der Waals surface area contributed by atoms with Gasteiger partial charge in [0.1, 0.15) is 5.78 Å². The van der Waals surface area contributed by atoms with E-state index < -0.39 is 6.10 Å². The summed E-state index contributed by atoms with van der Waals surface area (Å²) < 4.78 is 5.31. The zero-order valence-corrected chi connectivity index (χ0v) is 12.0. The lowest BCUT2D eigenvalue weighted by Crippen LogP contribution is -2.72. The van der Waals surface area contributed by atoms with Crippen LogP contribution in [0.3, 0.4) is 0 Å². The van der Waals surface area contributed by atoms with Crippen molar-refractivity contribution in [2.24, 2.45) is 0 Å². The molecular formula is C15H22N2O3. The van der Waals surface area contributed by atoms with Gasteiger partial charge in [-0.05, 0) is 0 Å². The summed E-state index contributed by atoms with van der Waals surface area (Å²) in [7, 11) is 1.54. The van der Waals surface area contributed by atoms with Crippen molar-refractivity contribution in [1.29, 1.82) is 0 Å². The van der Waals surface area contributed by atoms with Gasteiger partial charge in [-0.2, -0.15) is 0 Å². The number of methoxy groups -OCH3 is 1. The maximum absolute atomic E-state index is 12.0. The van der Waals surface area contributed by atoms with Crippen LogP contribution < -0.4 is 0 Å². The summed E-state index contributed by atoms with van der Waals surface area (Å²) in [5, 5.41) is 0. The van der Waals surface area contributed by atoms with Crippen molar-refractivity contribution in [3.05, 3.63) is 25.3 Å². The number of hydrogen-bond donors (Lipinski definition) is 0. The van der Waals surface area contributed by atoms with Crippen molar-refractivity contribution in [2.45, 2.75) is 31.0 Å². The highest BCUT2D eigenvalue weighted by Gasteiger charge is 2.53. The van der Waals surface area contributed by atoms with Crippen molar-refractivity contribution in [3.63, 3.8) is 0 Å². The third-order valence-corrected chi connectivity index (χ3v) is 4.12. The zero-order chi connectivity index (χ0) is 14.7. The average molecular weight is 278 g/mol. The monoisotopic (exact) mass is 278 g/mol. The van der Waals surface area contributed by atoms with E-state index in [2.05, 4.69) is 18.1 Å². The minimum Gasteiger partial charge on any atom is -0.369 e. The molecule has 0 aromatic carbocycles. The Morgan fingerprint density at radius 1 is 1.30 bits per heavy atom. The number of carbonyl (C=O) groups is 2. The Hall–Kier alpha value is -1.46. The summed E-state index contributed by atoms with van der Waals surface area (Å²) in [6.07, 6.45) is 4.14. The maximum atomic E-state index is 12.0. The second-order valence-corrected chi connectivity index (χ2v) is 5.27. The number of rotatable bonds is 6. The molecule has 2 saturated heterocycles. The Morgan fingerprint density at radius 2 is 2.00 bits per heavy atom. The first kappa shape index (κ1) is 14.9. The van der Waals surface area contributed by atoms with Gasteiger partial charge >= 0.3 is 0 Å². The van der Waals surface area contributed by atoms with Gasteiger partial charge in [0.15, 0.2) is 6.10 Å². The van der Waals surface area contributed by atoms with Crippen LogP contribution in [0.4, 0.5) is 0 Å². The van der Waals surface area contributed by atoms with Crippen molar-refractivity contribution < 1.29 is 14.3 Å². The first-order valence-corrected chi connectivity index (χ1v) is 6.94. The Morgan fingerprint density at radius 3 is 2.60 bits per heavy atom. The summed E-state index contributed by atoms with van der Waals surface area (Å²) in [5.41, 5.74) is 0. The molecule has 5 nitrogen and oxygen atoms in total. The number of β-lactam (4-membered cyclic amide) rings is 1. The number of piperidine rings is 1. The number of Topliss-reactive ketones (excluding diaryl/α,β-unsaturated/α-hetero) is 1. The summed E-state index contributed by atoms with van der Waals surface area (Å²) in [5.74, 6) is 0.233. The Balaban J connectivity index is 2.19. The van der Waals surface area contributed by atoms with E-state index in [-0.39, 0.29) is 23.8 Å². The second-order valence-electron chi connectivity index (χ2n) is 5.27. The molecule has 0 N–H and O–H groups in total. The molecule has 2 heterocycles. The third kappa shape index (κ3) is 2.55. The number of carbonyl (C=O) groups excluding carboxylic acids is 2. The summed E-state index contributed by atoms with van der Waals surface area (Å²) in [6, 6.07) is -0.0634. The first-order valence-electron chi connectivity index (χ1n) is 6.94. The van der Waals surface area contributed by atoms with E-state index in [1.165, 1.54) is 0 Å². The Bertz CT molecular complexity index is 421. The predicted molar refractivity (Wildman–Crippen MR) is 76.3 cm³/mol. The second kappa shape index (κ2) is 6.33. The van der Waals surface area contributed by atoms with E-state index in [1.807, 2.05) is 6.08 Å². The highest BCUT2D eigenvalue weighted by atomic mass is 16.5. The fourth-order valence-electron chi connectivity index (χ4n) is 3.17. The van der Waals surface area contributed by atoms with E-state index >= 15 is 0 Å². The molecule has 3 atom stereocenters. The standard InChI is InChI=1S/C15H22N2O3/c1-4-7-16-9-6-11(18)10-12(16)13-14(20-3)15(19)17(13)8-5-2/h4-5,12-14H,1-2,6-10H2,3H3/t12-,13+,14-/m1/s1. The van der Waals surface area contributed by atoms with Crippen LogP contribution in [-0.4, -0.2) is 66.4 Å². The topological polar surface area (TPSA) is 49.9 Å². The van der Waals surface area contributed by atoms with E-state index in [4.69, 9.17) is 4.74 Å². The number of amides is 1. The number of hydrogen-bond acceptors (Lipinski definition) is 4. The smallest absolute Gasteiger partial charge is 0.254 e. The Kier molecular flexibility index (Phi) is 4.73. The molecule has 2 aliphatic heterocycles. The fraction of sp³-hybridized carbons (Fsp3) is 0.600. The van der Waals surface area contributed by atoms with Crippen LogP contribution in [0.1, 0.15) is 12.8 Å². The van der Waals surface area contributed by atoms with Crippen LogP contribution in [0, 0.1) is 0 Å². The molecular weight excluding hydrogens is 256 g/mol. The molecule has 110 valence electrons. The van der Waals surface area contributed by atoms with Crippen LogP contribution in [0.15, 0.2) is 25.3 Å². The summed E-state index contributed by atoms with van der Waals surface area (Å²) in [4.78, 5) is 27.8. The van der Waals surface area contributed by atoms with Crippen molar-refractivity contribution >= 4 is 11.7 Å². The summed E-state index contributed by atoms with van der Waals surface area (Å²) >= 11 is 0. The van der Waals surface area contributed by atoms with Gasteiger partial charge in [0.25, 0.3) is 5.91 Å². The van der Waals surface area contributed by atoms with Gasteiger partial charge in [0, 0.05) is 45.6 Å². The lowest BCUT2D eigenvalue weighted by Gasteiger charge is -2.52. The number of likely N-dealkylation sites (tertiary alicyclic amines) is 2. The Labute approximate surface area is 119 Å². The molecule has 0 aromatic heterocycles. The van der Waals surface area contributed by atoms with E-state index in [0.29, 0.717) is 19.4 Å². The molecule has 0 radical (unpaired) electrons. The highest BCUT2D eigenvalue weighted by Crippen LogP contribution is 2.31. The molecule has 2 aliphatic rings. The highest BCUT2D eigenvalue weighted by molar-refractivity contribution is 5.89. The van der Waals surface area contributed by atoms with Crippen molar-refractivity contribution in [3.8, 4) is 0 Å². The largest absolute Gasteiger partial charge is 0.369 e. The molecule has 2 fully saturated rings. The van der Waals surface area contributed by atoms with Gasteiger partial charge in [-0.3, -0.25) is 14.5 Å². The molecule has 20 heavy (non-hydrogen) atoms. The van der Waals surface area contributed by atoms with Gasteiger partial charge in [0.2, 0.25) is 0 Å². The lowest BCUT2D eigenvalue weighted by atomic mass is 9.84. The van der Waals surface area contributed by atoms with Crippen LogP contribution in [0.5, 0.6) is 0 Å². The molecule has 0 aliphatic carbocycles. The maximum Gasteiger partial charge on any atom is 0.254 e. The minimum absolute atomic E-state index is 0.0110. The van der Waals surface area contributed by atoms with Crippen molar-refractivity contribution in [2.75, 3.05) is 26.7 Å². The van der Waals surface area contributed by atoms with Crippen LogP contribution in [0.2, 0.25) is 0 Å². The summed E-state index contributed by atoms with van der Waals surface area (Å²) in [6.45, 7) is 9.39. The minimum atomic E-state index is -0.446. The number of ether oxygens (including phenoxy) is 1. The average Bonchev–Trinajstić information content (AvgIpc) is 2.44. The predicted octanol–water partition coefficient (Wildman–Crippen LogP) is 0.618. The molecule has 0 aromatic rings. The van der Waals surface area contributed by atoms with E-state index in [9.17, 15) is 9.59 Å². The van der Waals surface area contributed by atoms with E-state index in [0.717, 1.165) is 13.1 Å². The van der Waals surface area contributed by atoms with Crippen molar-refractivity contribution in [1.82, 2.24) is 9.80 Å². The fourth-order valence-corrected chi connectivity index (χ4v) is 3.17. The first-order chi connectivity index (χ1) is 9.63. The van der Waals surface area contributed by atoms with Crippen LogP contribution >= 0.6 is 0 Å². The normalized spacial score (nSPS) is 31.1.